The van der Waals surface area contributed by atoms with Crippen LogP contribution in [0.25, 0.3) is 22.4 Å². The molecule has 0 fully saturated rings. The average Bonchev–Trinajstić information content (AvgIpc) is 3.11. The minimum Gasteiger partial charge on any atom is -0.493 e. The Hall–Kier alpha value is -2.33. The Morgan fingerprint density at radius 1 is 1.19 bits per heavy atom. The van der Waals surface area contributed by atoms with E-state index in [0.717, 1.165) is 41.2 Å². The number of nitrogens with zero attached hydrogens (tertiary/aromatic N) is 2. The molecular weight excluding hydrogens is 264 g/mol. The fraction of sp³-hybridized carbons (Fsp3) is 0.235. The van der Waals surface area contributed by atoms with Crippen LogP contribution in [0.2, 0.25) is 0 Å². The lowest BCUT2D eigenvalue weighted by Gasteiger charge is -2.08. The van der Waals surface area contributed by atoms with E-state index in [1.54, 1.807) is 0 Å². The third-order valence-electron chi connectivity index (χ3n) is 3.93. The number of imidazole rings is 1. The molecule has 0 aliphatic carbocycles. The summed E-state index contributed by atoms with van der Waals surface area (Å²) in [7, 11) is 0. The highest BCUT2D eigenvalue weighted by Crippen LogP contribution is 2.31. The van der Waals surface area contributed by atoms with Gasteiger partial charge in [-0.3, -0.25) is 0 Å². The summed E-state index contributed by atoms with van der Waals surface area (Å²) in [6.45, 7) is 1.40. The van der Waals surface area contributed by atoms with Crippen molar-refractivity contribution in [3.8, 4) is 17.1 Å². The van der Waals surface area contributed by atoms with Crippen LogP contribution >= 0.6 is 0 Å². The van der Waals surface area contributed by atoms with Crippen molar-refractivity contribution in [2.45, 2.75) is 13.0 Å². The Balaban J connectivity index is 1.91. The summed E-state index contributed by atoms with van der Waals surface area (Å²) >= 11 is 0. The maximum absolute atomic E-state index is 9.36. The molecule has 0 radical (unpaired) electrons. The lowest BCUT2D eigenvalue weighted by molar-refractivity contribution is 0.278. The number of fused-ring (bicyclic) bond motifs is 2. The maximum Gasteiger partial charge on any atom is 0.141 e. The summed E-state index contributed by atoms with van der Waals surface area (Å²) in [4.78, 5) is 4.74. The number of aromatic nitrogens is 2. The second kappa shape index (κ2) is 4.90. The van der Waals surface area contributed by atoms with Gasteiger partial charge in [-0.1, -0.05) is 12.1 Å². The molecule has 1 aromatic heterocycles. The van der Waals surface area contributed by atoms with Crippen LogP contribution < -0.4 is 4.74 Å². The van der Waals surface area contributed by atoms with E-state index >= 15 is 0 Å². The molecule has 3 aromatic rings. The van der Waals surface area contributed by atoms with E-state index in [1.807, 2.05) is 36.4 Å². The Labute approximate surface area is 122 Å². The first-order valence-corrected chi connectivity index (χ1v) is 7.19. The molecule has 106 valence electrons. The van der Waals surface area contributed by atoms with E-state index in [1.165, 1.54) is 5.56 Å². The van der Waals surface area contributed by atoms with Crippen LogP contribution in [-0.2, 0) is 13.0 Å². The molecule has 0 saturated carbocycles. The Bertz CT molecular complexity index is 808. The standard InChI is InChI=1S/C17H16N2O2/c20-9-8-19-15-4-2-1-3-14(15)18-17(19)13-5-6-16-12(11-13)7-10-21-16/h1-6,11,20H,7-10H2. The molecule has 4 nitrogen and oxygen atoms in total. The molecule has 21 heavy (non-hydrogen) atoms. The van der Waals surface area contributed by atoms with Gasteiger partial charge in [-0.15, -0.1) is 0 Å². The predicted octanol–water partition coefficient (Wildman–Crippen LogP) is 2.63. The molecule has 1 N–H and O–H groups in total. The van der Waals surface area contributed by atoms with Gasteiger partial charge in [0, 0.05) is 18.5 Å². The monoisotopic (exact) mass is 280 g/mol. The fourth-order valence-electron chi connectivity index (χ4n) is 2.95. The maximum atomic E-state index is 9.36. The van der Waals surface area contributed by atoms with E-state index in [-0.39, 0.29) is 6.61 Å². The lowest BCUT2D eigenvalue weighted by Crippen LogP contribution is -2.04. The van der Waals surface area contributed by atoms with Crippen molar-refractivity contribution < 1.29 is 9.84 Å². The van der Waals surface area contributed by atoms with Crippen LogP contribution in [0.4, 0.5) is 0 Å². The van der Waals surface area contributed by atoms with Crippen LogP contribution in [0.3, 0.4) is 0 Å². The van der Waals surface area contributed by atoms with E-state index in [9.17, 15) is 5.11 Å². The summed E-state index contributed by atoms with van der Waals surface area (Å²) in [5.41, 5.74) is 4.31. The third-order valence-corrected chi connectivity index (χ3v) is 3.93. The molecule has 4 heteroatoms. The Morgan fingerprint density at radius 2 is 2.10 bits per heavy atom. The van der Waals surface area contributed by atoms with Gasteiger partial charge >= 0.3 is 0 Å². The minimum absolute atomic E-state index is 0.0986. The third kappa shape index (κ3) is 1.99. The second-order valence-electron chi connectivity index (χ2n) is 5.22. The predicted molar refractivity (Wildman–Crippen MR) is 81.5 cm³/mol. The quantitative estimate of drug-likeness (QED) is 0.802. The highest BCUT2D eigenvalue weighted by Gasteiger charge is 2.16. The van der Waals surface area contributed by atoms with E-state index in [4.69, 9.17) is 9.72 Å². The first-order chi connectivity index (χ1) is 10.4. The first kappa shape index (κ1) is 12.4. The van der Waals surface area contributed by atoms with Crippen LogP contribution in [0, 0.1) is 0 Å². The smallest absolute Gasteiger partial charge is 0.141 e. The molecule has 0 saturated heterocycles. The van der Waals surface area contributed by atoms with Crippen molar-refractivity contribution in [1.82, 2.24) is 9.55 Å². The number of rotatable bonds is 3. The van der Waals surface area contributed by atoms with Crippen molar-refractivity contribution in [2.24, 2.45) is 0 Å². The Kier molecular flexibility index (Phi) is 2.89. The molecule has 4 rings (SSSR count). The van der Waals surface area contributed by atoms with Gasteiger partial charge in [0.2, 0.25) is 0 Å². The number of para-hydroxylation sites is 2. The van der Waals surface area contributed by atoms with Crippen molar-refractivity contribution >= 4 is 11.0 Å². The molecule has 0 bridgehead atoms. The summed E-state index contributed by atoms with van der Waals surface area (Å²) < 4.78 is 7.64. The number of hydrogen-bond acceptors (Lipinski definition) is 3. The van der Waals surface area contributed by atoms with Gasteiger partial charge in [-0.05, 0) is 35.9 Å². The number of aliphatic hydroxyl groups excluding tert-OH is 1. The second-order valence-corrected chi connectivity index (χ2v) is 5.22. The van der Waals surface area contributed by atoms with E-state index < -0.39 is 0 Å². The largest absolute Gasteiger partial charge is 0.493 e. The topological polar surface area (TPSA) is 47.3 Å². The summed E-state index contributed by atoms with van der Waals surface area (Å²) in [6, 6.07) is 14.2. The summed E-state index contributed by atoms with van der Waals surface area (Å²) in [5, 5.41) is 9.36. The zero-order valence-electron chi connectivity index (χ0n) is 11.6. The first-order valence-electron chi connectivity index (χ1n) is 7.19. The van der Waals surface area contributed by atoms with Gasteiger partial charge in [-0.25, -0.2) is 4.98 Å². The lowest BCUT2D eigenvalue weighted by atomic mass is 10.1. The number of ether oxygens (including phenoxy) is 1. The van der Waals surface area contributed by atoms with Gasteiger partial charge in [0.25, 0.3) is 0 Å². The molecule has 2 heterocycles. The number of hydrogen-bond donors (Lipinski definition) is 1. The van der Waals surface area contributed by atoms with Gasteiger partial charge in [0.1, 0.15) is 11.6 Å². The van der Waals surface area contributed by atoms with Crippen molar-refractivity contribution in [3.05, 3.63) is 48.0 Å². The van der Waals surface area contributed by atoms with Gasteiger partial charge < -0.3 is 14.4 Å². The number of benzene rings is 2. The summed E-state index contributed by atoms with van der Waals surface area (Å²) in [6.07, 6.45) is 0.948. The molecular formula is C17H16N2O2. The molecule has 0 unspecified atom stereocenters. The van der Waals surface area contributed by atoms with E-state index in [0.29, 0.717) is 6.54 Å². The van der Waals surface area contributed by atoms with Crippen molar-refractivity contribution in [2.75, 3.05) is 13.2 Å². The fourth-order valence-corrected chi connectivity index (χ4v) is 2.95. The zero-order valence-corrected chi connectivity index (χ0v) is 11.6. The number of aliphatic hydroxyl groups is 1. The SMILES string of the molecule is OCCn1c(-c2ccc3c(c2)CCO3)nc2ccccc21. The molecule has 0 spiro atoms. The Morgan fingerprint density at radius 3 is 3.00 bits per heavy atom. The van der Waals surface area contributed by atoms with Crippen LogP contribution in [0.1, 0.15) is 5.56 Å². The highest BCUT2D eigenvalue weighted by atomic mass is 16.5. The van der Waals surface area contributed by atoms with Gasteiger partial charge in [-0.2, -0.15) is 0 Å². The molecule has 2 aromatic carbocycles. The van der Waals surface area contributed by atoms with Crippen LogP contribution in [0.15, 0.2) is 42.5 Å². The highest BCUT2D eigenvalue weighted by molar-refractivity contribution is 5.80. The molecule has 0 atom stereocenters. The molecule has 1 aliphatic rings. The molecule has 1 aliphatic heterocycles. The average molecular weight is 280 g/mol. The van der Waals surface area contributed by atoms with E-state index in [2.05, 4.69) is 10.6 Å². The van der Waals surface area contributed by atoms with Gasteiger partial charge in [0.15, 0.2) is 0 Å². The van der Waals surface area contributed by atoms with Crippen LogP contribution in [-0.4, -0.2) is 27.9 Å². The van der Waals surface area contributed by atoms with Crippen LogP contribution in [0.5, 0.6) is 5.75 Å². The summed E-state index contributed by atoms with van der Waals surface area (Å²) in [5.74, 6) is 1.88. The van der Waals surface area contributed by atoms with Gasteiger partial charge in [0.05, 0.1) is 24.2 Å². The van der Waals surface area contributed by atoms with Crippen molar-refractivity contribution in [1.29, 1.82) is 0 Å². The zero-order chi connectivity index (χ0) is 14.2. The normalized spacial score (nSPS) is 13.4. The van der Waals surface area contributed by atoms with Crippen molar-refractivity contribution in [3.63, 3.8) is 0 Å². The molecule has 0 amide bonds. The minimum atomic E-state index is 0.0986.